The zero-order valence-corrected chi connectivity index (χ0v) is 13.7. The molecular weight excluding hydrogens is 336 g/mol. The fourth-order valence-electron chi connectivity index (χ4n) is 1.76. The molecule has 20 heavy (non-hydrogen) atoms. The molecule has 0 radical (unpaired) electrons. The van der Waals surface area contributed by atoms with Gasteiger partial charge in [0.15, 0.2) is 6.10 Å². The lowest BCUT2D eigenvalue weighted by Gasteiger charge is -2.14. The standard InChI is InChI=1S/C16H15BrO2S/c1-11(16(18)12-3-5-13(17)6-4-12)19-14-7-9-15(20-2)10-8-14/h3-11H,1-2H3. The van der Waals surface area contributed by atoms with Gasteiger partial charge >= 0.3 is 0 Å². The van der Waals surface area contributed by atoms with Gasteiger partial charge in [-0.05, 0) is 49.6 Å². The van der Waals surface area contributed by atoms with Crippen molar-refractivity contribution in [1.82, 2.24) is 0 Å². The third kappa shape index (κ3) is 3.87. The molecule has 0 spiro atoms. The Kier molecular flexibility index (Phi) is 5.26. The Morgan fingerprint density at radius 2 is 1.70 bits per heavy atom. The lowest BCUT2D eigenvalue weighted by Crippen LogP contribution is -2.23. The molecule has 0 aromatic heterocycles. The zero-order chi connectivity index (χ0) is 14.5. The zero-order valence-electron chi connectivity index (χ0n) is 11.3. The van der Waals surface area contributed by atoms with E-state index in [2.05, 4.69) is 15.9 Å². The minimum absolute atomic E-state index is 0.0218. The van der Waals surface area contributed by atoms with Gasteiger partial charge in [0, 0.05) is 14.9 Å². The number of hydrogen-bond donors (Lipinski definition) is 0. The van der Waals surface area contributed by atoms with Crippen molar-refractivity contribution in [3.8, 4) is 5.75 Å². The van der Waals surface area contributed by atoms with Gasteiger partial charge in [0.2, 0.25) is 5.78 Å². The van der Waals surface area contributed by atoms with Crippen LogP contribution >= 0.6 is 27.7 Å². The summed E-state index contributed by atoms with van der Waals surface area (Å²) >= 11 is 5.03. The smallest absolute Gasteiger partial charge is 0.202 e. The van der Waals surface area contributed by atoms with Crippen LogP contribution in [0.1, 0.15) is 17.3 Å². The highest BCUT2D eigenvalue weighted by atomic mass is 79.9. The van der Waals surface area contributed by atoms with E-state index in [1.54, 1.807) is 30.8 Å². The molecule has 0 saturated carbocycles. The van der Waals surface area contributed by atoms with E-state index in [4.69, 9.17) is 4.74 Å². The molecule has 0 fully saturated rings. The van der Waals surface area contributed by atoms with Crippen molar-refractivity contribution in [1.29, 1.82) is 0 Å². The van der Waals surface area contributed by atoms with Gasteiger partial charge in [-0.3, -0.25) is 4.79 Å². The van der Waals surface area contributed by atoms with E-state index in [9.17, 15) is 4.79 Å². The maximum absolute atomic E-state index is 12.2. The Balaban J connectivity index is 2.04. The van der Waals surface area contributed by atoms with E-state index in [0.717, 1.165) is 4.47 Å². The minimum atomic E-state index is -0.503. The quantitative estimate of drug-likeness (QED) is 0.571. The van der Waals surface area contributed by atoms with Crippen LogP contribution in [0.5, 0.6) is 5.75 Å². The van der Waals surface area contributed by atoms with Crippen LogP contribution in [0.15, 0.2) is 57.9 Å². The molecule has 0 aliphatic rings. The highest BCUT2D eigenvalue weighted by Gasteiger charge is 2.16. The summed E-state index contributed by atoms with van der Waals surface area (Å²) in [7, 11) is 0. The Labute approximate surface area is 131 Å². The number of carbonyl (C=O) groups is 1. The van der Waals surface area contributed by atoms with Crippen LogP contribution in [-0.2, 0) is 0 Å². The summed E-state index contributed by atoms with van der Waals surface area (Å²) in [5.74, 6) is 0.687. The van der Waals surface area contributed by atoms with E-state index in [1.807, 2.05) is 42.7 Å². The Morgan fingerprint density at radius 1 is 1.10 bits per heavy atom. The number of ether oxygens (including phenoxy) is 1. The molecule has 0 aliphatic carbocycles. The second kappa shape index (κ2) is 6.95. The van der Waals surface area contributed by atoms with Crippen molar-refractivity contribution < 1.29 is 9.53 Å². The summed E-state index contributed by atoms with van der Waals surface area (Å²) in [6.07, 6.45) is 1.52. The van der Waals surface area contributed by atoms with Crippen molar-refractivity contribution in [3.63, 3.8) is 0 Å². The van der Waals surface area contributed by atoms with Crippen molar-refractivity contribution in [2.75, 3.05) is 6.26 Å². The highest BCUT2D eigenvalue weighted by Crippen LogP contribution is 2.21. The normalized spacial score (nSPS) is 11.9. The molecule has 0 amide bonds. The number of benzene rings is 2. The molecule has 1 atom stereocenters. The van der Waals surface area contributed by atoms with Crippen molar-refractivity contribution in [2.45, 2.75) is 17.9 Å². The van der Waals surface area contributed by atoms with Crippen LogP contribution in [0.25, 0.3) is 0 Å². The third-order valence-corrected chi connectivity index (χ3v) is 4.14. The van der Waals surface area contributed by atoms with E-state index in [-0.39, 0.29) is 5.78 Å². The lowest BCUT2D eigenvalue weighted by molar-refractivity contribution is 0.0818. The Hall–Kier alpha value is -1.26. The van der Waals surface area contributed by atoms with Gasteiger partial charge in [-0.15, -0.1) is 11.8 Å². The van der Waals surface area contributed by atoms with Gasteiger partial charge in [-0.2, -0.15) is 0 Å². The maximum atomic E-state index is 12.2. The van der Waals surface area contributed by atoms with Crippen LogP contribution in [0.3, 0.4) is 0 Å². The van der Waals surface area contributed by atoms with Gasteiger partial charge < -0.3 is 4.74 Å². The summed E-state index contributed by atoms with van der Waals surface area (Å²) in [6.45, 7) is 1.77. The third-order valence-electron chi connectivity index (χ3n) is 2.87. The maximum Gasteiger partial charge on any atom is 0.202 e. The number of thioether (sulfide) groups is 1. The van der Waals surface area contributed by atoms with E-state index >= 15 is 0 Å². The number of Topliss-reactive ketones (excluding diaryl/α,β-unsaturated/α-hetero) is 1. The molecule has 1 unspecified atom stereocenters. The van der Waals surface area contributed by atoms with Crippen LogP contribution in [-0.4, -0.2) is 18.1 Å². The predicted molar refractivity (Wildman–Crippen MR) is 86.8 cm³/mol. The van der Waals surface area contributed by atoms with Crippen molar-refractivity contribution >= 4 is 33.5 Å². The fraction of sp³-hybridized carbons (Fsp3) is 0.188. The van der Waals surface area contributed by atoms with Crippen molar-refractivity contribution in [3.05, 3.63) is 58.6 Å². The average molecular weight is 351 g/mol. The first kappa shape index (κ1) is 15.1. The fourth-order valence-corrected chi connectivity index (χ4v) is 2.43. The number of carbonyl (C=O) groups excluding carboxylic acids is 1. The molecule has 104 valence electrons. The monoisotopic (exact) mass is 350 g/mol. The molecule has 4 heteroatoms. The first-order valence-electron chi connectivity index (χ1n) is 6.20. The van der Waals surface area contributed by atoms with Gasteiger partial charge in [-0.25, -0.2) is 0 Å². The molecule has 0 saturated heterocycles. The molecule has 0 heterocycles. The van der Waals surface area contributed by atoms with Crippen molar-refractivity contribution in [2.24, 2.45) is 0 Å². The van der Waals surface area contributed by atoms with Crippen LogP contribution in [0, 0.1) is 0 Å². The molecule has 2 aromatic rings. The Bertz CT molecular complexity index is 578. The second-order valence-corrected chi connectivity index (χ2v) is 6.10. The van der Waals surface area contributed by atoms with E-state index in [0.29, 0.717) is 11.3 Å². The largest absolute Gasteiger partial charge is 0.483 e. The number of rotatable bonds is 5. The first-order chi connectivity index (χ1) is 9.60. The SMILES string of the molecule is CSc1ccc(OC(C)C(=O)c2ccc(Br)cc2)cc1. The van der Waals surface area contributed by atoms with Crippen LogP contribution in [0.4, 0.5) is 0 Å². The van der Waals surface area contributed by atoms with E-state index < -0.39 is 6.10 Å². The average Bonchev–Trinajstić information content (AvgIpc) is 2.48. The second-order valence-electron chi connectivity index (χ2n) is 4.31. The molecule has 0 N–H and O–H groups in total. The number of ketones is 1. The summed E-state index contributed by atoms with van der Waals surface area (Å²) in [5, 5.41) is 0. The van der Waals surface area contributed by atoms with Gasteiger partial charge in [0.05, 0.1) is 0 Å². The summed E-state index contributed by atoms with van der Waals surface area (Å²) in [4.78, 5) is 13.4. The molecule has 0 bridgehead atoms. The topological polar surface area (TPSA) is 26.3 Å². The van der Waals surface area contributed by atoms with Crippen LogP contribution in [0.2, 0.25) is 0 Å². The molecule has 2 aromatic carbocycles. The molecule has 2 rings (SSSR count). The van der Waals surface area contributed by atoms with Gasteiger partial charge in [0.25, 0.3) is 0 Å². The van der Waals surface area contributed by atoms with Gasteiger partial charge in [0.1, 0.15) is 5.75 Å². The van der Waals surface area contributed by atoms with E-state index in [1.165, 1.54) is 4.90 Å². The lowest BCUT2D eigenvalue weighted by atomic mass is 10.1. The first-order valence-corrected chi connectivity index (χ1v) is 8.22. The summed E-state index contributed by atoms with van der Waals surface area (Å²) < 4.78 is 6.64. The van der Waals surface area contributed by atoms with Crippen LogP contribution < -0.4 is 4.74 Å². The number of hydrogen-bond acceptors (Lipinski definition) is 3. The number of halogens is 1. The summed E-state index contributed by atoms with van der Waals surface area (Å²) in [5.41, 5.74) is 0.654. The Morgan fingerprint density at radius 3 is 2.25 bits per heavy atom. The van der Waals surface area contributed by atoms with Gasteiger partial charge in [-0.1, -0.05) is 28.1 Å². The summed E-state index contributed by atoms with van der Waals surface area (Å²) in [6, 6.07) is 15.0. The molecule has 0 aliphatic heterocycles. The highest BCUT2D eigenvalue weighted by molar-refractivity contribution is 9.10. The minimum Gasteiger partial charge on any atom is -0.483 e. The predicted octanol–water partition coefficient (Wildman–Crippen LogP) is 4.82. The molecular formula is C16H15BrO2S. The molecule has 2 nitrogen and oxygen atoms in total.